The second-order valence-corrected chi connectivity index (χ2v) is 5.96. The zero-order valence-electron chi connectivity index (χ0n) is 10.8. The molecule has 5 nitrogen and oxygen atoms in total. The van der Waals surface area contributed by atoms with Gasteiger partial charge in [0.05, 0.1) is 0 Å². The Morgan fingerprint density at radius 1 is 1.50 bits per heavy atom. The first kappa shape index (κ1) is 15.3. The summed E-state index contributed by atoms with van der Waals surface area (Å²) in [5.41, 5.74) is 5.61. The zero-order chi connectivity index (χ0) is 13.6. The summed E-state index contributed by atoms with van der Waals surface area (Å²) in [6, 6.07) is -0.778. The fourth-order valence-corrected chi connectivity index (χ4v) is 2.68. The van der Waals surface area contributed by atoms with Gasteiger partial charge in [-0.25, -0.2) is 4.79 Å². The summed E-state index contributed by atoms with van der Waals surface area (Å²) in [4.78, 5) is 22.9. The summed E-state index contributed by atoms with van der Waals surface area (Å²) in [6.45, 7) is 0.503. The number of carbonyl (C=O) groups excluding carboxylic acids is 1. The third kappa shape index (κ3) is 4.17. The van der Waals surface area contributed by atoms with E-state index in [1.54, 1.807) is 11.8 Å². The number of amides is 1. The minimum absolute atomic E-state index is 0.0767. The Labute approximate surface area is 112 Å². The molecule has 1 aliphatic carbocycles. The number of carboxylic acids is 1. The molecule has 4 N–H and O–H groups in total. The monoisotopic (exact) mass is 274 g/mol. The van der Waals surface area contributed by atoms with Crippen LogP contribution in [0.5, 0.6) is 0 Å². The third-order valence-electron chi connectivity index (χ3n) is 3.63. The highest BCUT2D eigenvalue weighted by Gasteiger charge is 2.38. The summed E-state index contributed by atoms with van der Waals surface area (Å²) in [7, 11) is 0. The molecule has 18 heavy (non-hydrogen) atoms. The molecule has 0 radical (unpaired) electrons. The van der Waals surface area contributed by atoms with Crippen molar-refractivity contribution in [1.29, 1.82) is 0 Å². The molecular formula is C12H22N2O3S. The van der Waals surface area contributed by atoms with Crippen LogP contribution < -0.4 is 11.1 Å². The van der Waals surface area contributed by atoms with Gasteiger partial charge in [-0.3, -0.25) is 4.79 Å². The van der Waals surface area contributed by atoms with E-state index in [1.807, 2.05) is 6.26 Å². The van der Waals surface area contributed by atoms with E-state index in [-0.39, 0.29) is 11.3 Å². The van der Waals surface area contributed by atoms with E-state index in [2.05, 4.69) is 5.32 Å². The molecule has 0 aromatic carbocycles. The Morgan fingerprint density at radius 2 is 2.17 bits per heavy atom. The first-order valence-electron chi connectivity index (χ1n) is 6.24. The molecule has 0 saturated heterocycles. The number of carbonyl (C=O) groups is 2. The van der Waals surface area contributed by atoms with Gasteiger partial charge < -0.3 is 16.2 Å². The Kier molecular flexibility index (Phi) is 5.95. The minimum atomic E-state index is -0.965. The predicted octanol–water partition coefficient (Wildman–Crippen LogP) is 0.828. The van der Waals surface area contributed by atoms with Crippen molar-refractivity contribution in [2.45, 2.75) is 38.1 Å². The van der Waals surface area contributed by atoms with E-state index in [1.165, 1.54) is 0 Å². The number of hydrogen-bond acceptors (Lipinski definition) is 4. The van der Waals surface area contributed by atoms with Gasteiger partial charge in [0.15, 0.2) is 0 Å². The van der Waals surface area contributed by atoms with Gasteiger partial charge in [-0.2, -0.15) is 11.8 Å². The van der Waals surface area contributed by atoms with Crippen LogP contribution in [0.1, 0.15) is 32.1 Å². The minimum Gasteiger partial charge on any atom is -0.480 e. The van der Waals surface area contributed by atoms with Crippen molar-refractivity contribution in [2.75, 3.05) is 18.6 Å². The van der Waals surface area contributed by atoms with Gasteiger partial charge >= 0.3 is 5.97 Å². The van der Waals surface area contributed by atoms with Crippen molar-refractivity contribution in [1.82, 2.24) is 5.32 Å². The van der Waals surface area contributed by atoms with Crippen molar-refractivity contribution in [3.05, 3.63) is 0 Å². The van der Waals surface area contributed by atoms with Crippen LogP contribution in [0, 0.1) is 5.41 Å². The highest BCUT2D eigenvalue weighted by molar-refractivity contribution is 7.98. The molecule has 0 heterocycles. The normalized spacial score (nSPS) is 18.8. The zero-order valence-corrected chi connectivity index (χ0v) is 11.6. The number of nitrogens with one attached hydrogen (secondary N) is 1. The summed E-state index contributed by atoms with van der Waals surface area (Å²) < 4.78 is 0. The lowest BCUT2D eigenvalue weighted by Gasteiger charge is -2.40. The lowest BCUT2D eigenvalue weighted by atomic mass is 9.66. The number of hydrogen-bond donors (Lipinski definition) is 3. The quantitative estimate of drug-likeness (QED) is 0.609. The average molecular weight is 274 g/mol. The second kappa shape index (κ2) is 6.99. The van der Waals surface area contributed by atoms with Crippen LogP contribution in [-0.4, -0.2) is 41.6 Å². The molecule has 1 aliphatic rings. The molecule has 104 valence electrons. The third-order valence-corrected chi connectivity index (χ3v) is 4.27. The highest BCUT2D eigenvalue weighted by atomic mass is 32.2. The average Bonchev–Trinajstić information content (AvgIpc) is 2.28. The molecule has 1 saturated carbocycles. The Bertz CT molecular complexity index is 300. The van der Waals surface area contributed by atoms with E-state index in [9.17, 15) is 9.59 Å². The van der Waals surface area contributed by atoms with E-state index in [0.717, 1.165) is 25.0 Å². The molecule has 0 aromatic heterocycles. The lowest BCUT2D eigenvalue weighted by Crippen LogP contribution is -2.46. The van der Waals surface area contributed by atoms with Gasteiger partial charge in [0.1, 0.15) is 6.04 Å². The molecule has 1 atom stereocenters. The maximum Gasteiger partial charge on any atom is 0.326 e. The molecule has 1 amide bonds. The fraction of sp³-hybridized carbons (Fsp3) is 0.833. The van der Waals surface area contributed by atoms with Gasteiger partial charge in [-0.1, -0.05) is 6.42 Å². The van der Waals surface area contributed by atoms with Crippen LogP contribution in [0.2, 0.25) is 0 Å². The summed E-state index contributed by atoms with van der Waals surface area (Å²) in [5, 5.41) is 11.6. The van der Waals surface area contributed by atoms with Crippen molar-refractivity contribution < 1.29 is 14.7 Å². The van der Waals surface area contributed by atoms with Crippen LogP contribution in [0.4, 0.5) is 0 Å². The molecular weight excluding hydrogens is 252 g/mol. The molecule has 0 aliphatic heterocycles. The molecule has 0 bridgehead atoms. The van der Waals surface area contributed by atoms with Crippen molar-refractivity contribution in [3.63, 3.8) is 0 Å². The number of aliphatic carboxylic acids is 1. The summed E-state index contributed by atoms with van der Waals surface area (Å²) in [6.07, 6.45) is 5.78. The first-order chi connectivity index (χ1) is 8.53. The van der Waals surface area contributed by atoms with E-state index < -0.39 is 12.0 Å². The lowest BCUT2D eigenvalue weighted by molar-refractivity contribution is -0.142. The number of thioether (sulfide) groups is 1. The van der Waals surface area contributed by atoms with Crippen LogP contribution in [0.25, 0.3) is 0 Å². The van der Waals surface area contributed by atoms with E-state index in [4.69, 9.17) is 10.8 Å². The molecule has 1 rings (SSSR count). The van der Waals surface area contributed by atoms with Gasteiger partial charge in [-0.15, -0.1) is 0 Å². The number of nitrogens with two attached hydrogens (primary N) is 1. The number of carboxylic acid groups (broad SMARTS) is 1. The second-order valence-electron chi connectivity index (χ2n) is 4.97. The van der Waals surface area contributed by atoms with Crippen molar-refractivity contribution in [3.8, 4) is 0 Å². The van der Waals surface area contributed by atoms with Gasteiger partial charge in [0, 0.05) is 6.42 Å². The first-order valence-corrected chi connectivity index (χ1v) is 7.63. The van der Waals surface area contributed by atoms with E-state index >= 15 is 0 Å². The smallest absolute Gasteiger partial charge is 0.326 e. The van der Waals surface area contributed by atoms with Crippen molar-refractivity contribution in [2.24, 2.45) is 11.1 Å². The number of rotatable bonds is 8. The highest BCUT2D eigenvalue weighted by Crippen LogP contribution is 2.42. The van der Waals surface area contributed by atoms with Gasteiger partial charge in [0.25, 0.3) is 0 Å². The van der Waals surface area contributed by atoms with Crippen LogP contribution in [0.3, 0.4) is 0 Å². The standard InChI is InChI=1S/C12H22N2O3S/c1-18-6-3-9(11(16)17)14-10(15)7-12(8-13)4-2-5-12/h9H,2-8,13H2,1H3,(H,14,15)(H,16,17)/t9-/m0/s1. The maximum absolute atomic E-state index is 11.9. The molecule has 0 unspecified atom stereocenters. The van der Waals surface area contributed by atoms with E-state index in [0.29, 0.717) is 19.4 Å². The Hall–Kier alpha value is -0.750. The Balaban J connectivity index is 2.43. The molecule has 6 heteroatoms. The van der Waals surface area contributed by atoms with Crippen molar-refractivity contribution >= 4 is 23.6 Å². The topological polar surface area (TPSA) is 92.4 Å². The summed E-state index contributed by atoms with van der Waals surface area (Å²) >= 11 is 1.57. The Morgan fingerprint density at radius 3 is 2.56 bits per heavy atom. The maximum atomic E-state index is 11.9. The largest absolute Gasteiger partial charge is 0.480 e. The predicted molar refractivity (Wildman–Crippen MR) is 72.5 cm³/mol. The van der Waals surface area contributed by atoms with Gasteiger partial charge in [0.2, 0.25) is 5.91 Å². The molecule has 1 fully saturated rings. The fourth-order valence-electron chi connectivity index (χ4n) is 2.21. The SMILES string of the molecule is CSCC[C@H](NC(=O)CC1(CN)CCC1)C(=O)O. The van der Waals surface area contributed by atoms with Crippen LogP contribution in [-0.2, 0) is 9.59 Å². The van der Waals surface area contributed by atoms with Crippen LogP contribution in [0.15, 0.2) is 0 Å². The van der Waals surface area contributed by atoms with Crippen LogP contribution >= 0.6 is 11.8 Å². The molecule has 0 spiro atoms. The van der Waals surface area contributed by atoms with Gasteiger partial charge in [-0.05, 0) is 43.2 Å². The summed E-state index contributed by atoms with van der Waals surface area (Å²) in [5.74, 6) is -0.430. The molecule has 0 aromatic rings.